The van der Waals surface area contributed by atoms with Crippen molar-refractivity contribution in [1.82, 2.24) is 10.3 Å². The molecule has 0 radical (unpaired) electrons. The van der Waals surface area contributed by atoms with Crippen LogP contribution in [0.2, 0.25) is 5.15 Å². The fourth-order valence-electron chi connectivity index (χ4n) is 2.94. The van der Waals surface area contributed by atoms with Crippen molar-refractivity contribution in [2.75, 3.05) is 18.4 Å². The van der Waals surface area contributed by atoms with E-state index in [9.17, 15) is 9.90 Å². The van der Waals surface area contributed by atoms with Crippen LogP contribution in [0.4, 0.5) is 5.69 Å². The lowest BCUT2D eigenvalue weighted by atomic mass is 10.1. The number of carbonyl (C=O) groups is 1. The maximum Gasteiger partial charge on any atom is 0.230 e. The van der Waals surface area contributed by atoms with Gasteiger partial charge in [0.1, 0.15) is 5.15 Å². The topological polar surface area (TPSA) is 74.2 Å². The monoisotopic (exact) mass is 445 g/mol. The number of aliphatic hydroxyl groups excluding tert-OH is 1. The van der Waals surface area contributed by atoms with Crippen molar-refractivity contribution >= 4 is 35.6 Å². The lowest BCUT2D eigenvalue weighted by molar-refractivity contribution is -0.115. The molecule has 0 saturated carbocycles. The van der Waals surface area contributed by atoms with Crippen molar-refractivity contribution in [2.24, 2.45) is 0 Å². The Morgan fingerprint density at radius 1 is 1.00 bits per heavy atom. The van der Waals surface area contributed by atoms with E-state index < -0.39 is 6.10 Å². The van der Waals surface area contributed by atoms with Crippen LogP contribution in [0.1, 0.15) is 22.9 Å². The zero-order valence-electron chi connectivity index (χ0n) is 16.4. The van der Waals surface area contributed by atoms with E-state index in [0.29, 0.717) is 17.4 Å². The normalized spacial score (nSPS) is 11.4. The predicted molar refractivity (Wildman–Crippen MR) is 123 cm³/mol. The lowest BCUT2D eigenvalue weighted by Gasteiger charge is -2.12. The smallest absolute Gasteiger partial charge is 0.230 e. The van der Waals surface area contributed by atoms with Crippen molar-refractivity contribution in [3.63, 3.8) is 0 Å². The van der Waals surface area contributed by atoms with Crippen LogP contribution in [-0.2, 0) is 17.6 Å². The van der Waals surface area contributed by atoms with Crippen LogP contribution in [0.3, 0.4) is 0 Å². The molecule has 2 aromatic carbocycles. The second kappa shape index (κ2) is 12.3. The molecule has 3 aromatic rings. The number of halogens is 2. The number of nitrogens with one attached hydrogen (secondary N) is 2. The zero-order chi connectivity index (χ0) is 20.5. The Morgan fingerprint density at radius 2 is 1.73 bits per heavy atom. The molecule has 0 aliphatic heterocycles. The first kappa shape index (κ1) is 23.8. The summed E-state index contributed by atoms with van der Waals surface area (Å²) in [6, 6.07) is 22.6. The number of rotatable bonds is 9. The molecule has 158 valence electrons. The van der Waals surface area contributed by atoms with Gasteiger partial charge < -0.3 is 15.7 Å². The number of amides is 1. The number of hydrogen-bond donors (Lipinski definition) is 3. The van der Waals surface area contributed by atoms with Crippen LogP contribution >= 0.6 is 24.0 Å². The van der Waals surface area contributed by atoms with E-state index in [4.69, 9.17) is 11.6 Å². The van der Waals surface area contributed by atoms with Gasteiger partial charge in [-0.05, 0) is 48.4 Å². The van der Waals surface area contributed by atoms with E-state index in [2.05, 4.69) is 15.6 Å². The van der Waals surface area contributed by atoms with Gasteiger partial charge in [-0.1, -0.05) is 60.1 Å². The Labute approximate surface area is 187 Å². The molecule has 1 amide bonds. The first-order valence-electron chi connectivity index (χ1n) is 9.54. The third-order valence-corrected chi connectivity index (χ3v) is 4.68. The Morgan fingerprint density at radius 3 is 2.43 bits per heavy atom. The van der Waals surface area contributed by atoms with E-state index in [-0.39, 0.29) is 24.7 Å². The standard InChI is InChI=1S/C23H24ClN3O2.ClH/c24-22-8-4-7-20(26-22)15-23(29)27-19-11-9-17(10-12-19)13-14-25-16-21(28)18-5-2-1-3-6-18;/h1-12,21,25,28H,13-16H2,(H,27,29);1H. The molecule has 0 aliphatic rings. The highest BCUT2D eigenvalue weighted by Gasteiger charge is 2.07. The highest BCUT2D eigenvalue weighted by atomic mass is 35.5. The molecule has 3 rings (SSSR count). The van der Waals surface area contributed by atoms with Crippen LogP contribution in [-0.4, -0.2) is 29.1 Å². The van der Waals surface area contributed by atoms with Crippen LogP contribution in [0.15, 0.2) is 72.8 Å². The quantitative estimate of drug-likeness (QED) is 0.340. The Bertz CT molecular complexity index is 921. The summed E-state index contributed by atoms with van der Waals surface area (Å²) in [7, 11) is 0. The van der Waals surface area contributed by atoms with Crippen LogP contribution in [0.5, 0.6) is 0 Å². The minimum atomic E-state index is -0.511. The summed E-state index contributed by atoms with van der Waals surface area (Å²) < 4.78 is 0. The van der Waals surface area contributed by atoms with Gasteiger partial charge in [-0.15, -0.1) is 12.4 Å². The molecule has 0 saturated heterocycles. The summed E-state index contributed by atoms with van der Waals surface area (Å²) in [4.78, 5) is 16.3. The molecule has 3 N–H and O–H groups in total. The number of carbonyl (C=O) groups excluding carboxylic acids is 1. The molecule has 1 aromatic heterocycles. The minimum absolute atomic E-state index is 0. The number of anilines is 1. The largest absolute Gasteiger partial charge is 0.387 e. The molecule has 7 heteroatoms. The molecule has 0 fully saturated rings. The Balaban J connectivity index is 0.00000320. The molecule has 0 aliphatic carbocycles. The van der Waals surface area contributed by atoms with E-state index in [1.54, 1.807) is 18.2 Å². The average molecular weight is 446 g/mol. The number of benzene rings is 2. The average Bonchev–Trinajstić information content (AvgIpc) is 2.73. The molecular formula is C23H25Cl2N3O2. The van der Waals surface area contributed by atoms with Crippen LogP contribution < -0.4 is 10.6 Å². The van der Waals surface area contributed by atoms with Gasteiger partial charge in [0.05, 0.1) is 18.2 Å². The highest BCUT2D eigenvalue weighted by Crippen LogP contribution is 2.13. The van der Waals surface area contributed by atoms with Gasteiger partial charge in [0.25, 0.3) is 0 Å². The Kier molecular flexibility index (Phi) is 9.77. The maximum absolute atomic E-state index is 12.1. The summed E-state index contributed by atoms with van der Waals surface area (Å²) in [5, 5.41) is 16.7. The van der Waals surface area contributed by atoms with Gasteiger partial charge in [-0.2, -0.15) is 0 Å². The zero-order valence-corrected chi connectivity index (χ0v) is 18.0. The van der Waals surface area contributed by atoms with Crippen molar-refractivity contribution in [1.29, 1.82) is 0 Å². The number of aromatic nitrogens is 1. The van der Waals surface area contributed by atoms with Crippen LogP contribution in [0, 0.1) is 0 Å². The molecule has 0 spiro atoms. The number of nitrogens with zero attached hydrogens (tertiary/aromatic N) is 1. The highest BCUT2D eigenvalue weighted by molar-refractivity contribution is 6.29. The van der Waals surface area contributed by atoms with Crippen molar-refractivity contribution < 1.29 is 9.90 Å². The molecule has 0 bridgehead atoms. The summed E-state index contributed by atoms with van der Waals surface area (Å²) >= 11 is 5.84. The molecule has 1 unspecified atom stereocenters. The van der Waals surface area contributed by atoms with Gasteiger partial charge in [-0.25, -0.2) is 4.98 Å². The fourth-order valence-corrected chi connectivity index (χ4v) is 3.12. The summed E-state index contributed by atoms with van der Waals surface area (Å²) in [5.74, 6) is -0.135. The van der Waals surface area contributed by atoms with E-state index in [1.807, 2.05) is 54.6 Å². The first-order valence-corrected chi connectivity index (χ1v) is 9.92. The molecule has 30 heavy (non-hydrogen) atoms. The van der Waals surface area contributed by atoms with Crippen LogP contribution in [0.25, 0.3) is 0 Å². The number of pyridine rings is 1. The minimum Gasteiger partial charge on any atom is -0.387 e. The summed E-state index contributed by atoms with van der Waals surface area (Å²) in [6.45, 7) is 1.27. The van der Waals surface area contributed by atoms with Gasteiger partial charge in [0.2, 0.25) is 5.91 Å². The second-order valence-electron chi connectivity index (χ2n) is 6.75. The first-order chi connectivity index (χ1) is 14.1. The molecule has 1 heterocycles. The van der Waals surface area contributed by atoms with Gasteiger partial charge >= 0.3 is 0 Å². The van der Waals surface area contributed by atoms with Crippen molar-refractivity contribution in [3.05, 3.63) is 94.8 Å². The SMILES string of the molecule is Cl.O=C(Cc1cccc(Cl)n1)Nc1ccc(CCNCC(O)c2ccccc2)cc1. The third-order valence-electron chi connectivity index (χ3n) is 4.46. The molecule has 5 nitrogen and oxygen atoms in total. The van der Waals surface area contributed by atoms with Gasteiger partial charge in [0, 0.05) is 12.2 Å². The summed E-state index contributed by atoms with van der Waals surface area (Å²) in [5.41, 5.74) is 3.44. The number of aliphatic hydroxyl groups is 1. The van der Waals surface area contributed by atoms with E-state index in [0.717, 1.165) is 29.8 Å². The lowest BCUT2D eigenvalue weighted by Crippen LogP contribution is -2.23. The molecular weight excluding hydrogens is 421 g/mol. The van der Waals surface area contributed by atoms with Crippen molar-refractivity contribution in [3.8, 4) is 0 Å². The fraction of sp³-hybridized carbons (Fsp3) is 0.217. The second-order valence-corrected chi connectivity index (χ2v) is 7.14. The van der Waals surface area contributed by atoms with Crippen molar-refractivity contribution in [2.45, 2.75) is 18.9 Å². The van der Waals surface area contributed by atoms with E-state index in [1.165, 1.54) is 0 Å². The summed E-state index contributed by atoms with van der Waals surface area (Å²) in [6.07, 6.45) is 0.501. The maximum atomic E-state index is 12.1. The van der Waals surface area contributed by atoms with E-state index >= 15 is 0 Å². The number of hydrogen-bond acceptors (Lipinski definition) is 4. The van der Waals surface area contributed by atoms with Gasteiger partial charge in [0.15, 0.2) is 0 Å². The predicted octanol–water partition coefficient (Wildman–Crippen LogP) is 4.20. The molecule has 1 atom stereocenters. The third kappa shape index (κ3) is 7.76. The van der Waals surface area contributed by atoms with Gasteiger partial charge in [-0.3, -0.25) is 4.79 Å². The Hall–Kier alpha value is -2.44.